The molecule has 0 aromatic heterocycles. The van der Waals surface area contributed by atoms with Crippen molar-refractivity contribution >= 4 is 23.4 Å². The van der Waals surface area contributed by atoms with E-state index in [9.17, 15) is 22.8 Å². The largest absolute Gasteiger partial charge is 0.416 e. The van der Waals surface area contributed by atoms with Crippen LogP contribution < -0.4 is 11.1 Å². The van der Waals surface area contributed by atoms with Gasteiger partial charge in [0.1, 0.15) is 6.04 Å². The summed E-state index contributed by atoms with van der Waals surface area (Å²) in [6.07, 6.45) is -4.63. The highest BCUT2D eigenvalue weighted by Crippen LogP contribution is 2.29. The number of benzene rings is 2. The number of hydrogen-bond acceptors (Lipinski definition) is 2. The minimum absolute atomic E-state index is 0.154. The van der Waals surface area contributed by atoms with Crippen molar-refractivity contribution in [1.82, 2.24) is 5.32 Å². The van der Waals surface area contributed by atoms with Crippen LogP contribution in [0, 0.1) is 0 Å². The first-order valence-corrected chi connectivity index (χ1v) is 8.02. The van der Waals surface area contributed by atoms with Gasteiger partial charge in [-0.15, -0.1) is 0 Å². The first-order chi connectivity index (χ1) is 12.1. The van der Waals surface area contributed by atoms with Gasteiger partial charge < -0.3 is 11.1 Å². The van der Waals surface area contributed by atoms with Crippen molar-refractivity contribution in [2.24, 2.45) is 5.73 Å². The van der Waals surface area contributed by atoms with Gasteiger partial charge in [-0.2, -0.15) is 13.2 Å². The number of primary amides is 1. The quantitative estimate of drug-likeness (QED) is 0.803. The Morgan fingerprint density at radius 3 is 2.31 bits per heavy atom. The molecule has 4 nitrogen and oxygen atoms in total. The van der Waals surface area contributed by atoms with E-state index < -0.39 is 29.6 Å². The number of hydrogen-bond donors (Lipinski definition) is 2. The third-order valence-corrected chi connectivity index (χ3v) is 3.90. The molecule has 0 aliphatic rings. The Morgan fingerprint density at radius 2 is 1.73 bits per heavy atom. The molecule has 0 aliphatic heterocycles. The molecule has 0 unspecified atom stereocenters. The van der Waals surface area contributed by atoms with Crippen LogP contribution in [-0.4, -0.2) is 17.9 Å². The second-order valence-electron chi connectivity index (χ2n) is 5.73. The molecule has 0 fully saturated rings. The zero-order valence-electron chi connectivity index (χ0n) is 13.5. The van der Waals surface area contributed by atoms with Crippen LogP contribution in [0.3, 0.4) is 0 Å². The Kier molecular flexibility index (Phi) is 6.26. The Morgan fingerprint density at radius 1 is 1.08 bits per heavy atom. The van der Waals surface area contributed by atoms with E-state index in [1.807, 2.05) is 0 Å². The van der Waals surface area contributed by atoms with Crippen LogP contribution in [0.5, 0.6) is 0 Å². The average Bonchev–Trinajstić information content (AvgIpc) is 2.55. The normalized spacial score (nSPS) is 12.5. The van der Waals surface area contributed by atoms with E-state index in [1.165, 1.54) is 12.1 Å². The molecule has 2 aromatic rings. The van der Waals surface area contributed by atoms with Gasteiger partial charge in [0.2, 0.25) is 11.8 Å². The molecule has 2 rings (SSSR count). The standard InChI is InChI=1S/C18H16ClF3N2O2/c19-14-6-4-11(5-7-14)9-15(17(23)26)24-16(25)10-12-2-1-3-13(8-12)18(20,21)22/h1-8,15H,9-10H2,(H2,23,26)(H,24,25)/t15-/m0/s1. The van der Waals surface area contributed by atoms with Gasteiger partial charge in [-0.25, -0.2) is 0 Å². The summed E-state index contributed by atoms with van der Waals surface area (Å²) < 4.78 is 38.2. The number of nitrogens with two attached hydrogens (primary N) is 1. The maximum absolute atomic E-state index is 12.7. The number of halogens is 4. The molecule has 0 bridgehead atoms. The highest BCUT2D eigenvalue weighted by Gasteiger charge is 2.30. The average molecular weight is 385 g/mol. The molecular formula is C18H16ClF3N2O2. The van der Waals surface area contributed by atoms with Crippen LogP contribution >= 0.6 is 11.6 Å². The smallest absolute Gasteiger partial charge is 0.368 e. The Balaban J connectivity index is 2.04. The van der Waals surface area contributed by atoms with E-state index in [4.69, 9.17) is 17.3 Å². The number of nitrogens with one attached hydrogen (secondary N) is 1. The molecule has 0 heterocycles. The van der Waals surface area contributed by atoms with Crippen molar-refractivity contribution in [2.45, 2.75) is 25.1 Å². The van der Waals surface area contributed by atoms with Crippen LogP contribution in [0.2, 0.25) is 5.02 Å². The number of rotatable bonds is 6. The minimum atomic E-state index is -4.49. The van der Waals surface area contributed by atoms with Crippen molar-refractivity contribution in [2.75, 3.05) is 0 Å². The summed E-state index contributed by atoms with van der Waals surface area (Å²) in [5.41, 5.74) is 5.39. The second-order valence-corrected chi connectivity index (χ2v) is 6.16. The molecule has 2 amide bonds. The van der Waals surface area contributed by atoms with Crippen LogP contribution in [0.1, 0.15) is 16.7 Å². The molecule has 0 spiro atoms. The molecule has 3 N–H and O–H groups in total. The second kappa shape index (κ2) is 8.23. The fourth-order valence-corrected chi connectivity index (χ4v) is 2.49. The molecule has 0 radical (unpaired) electrons. The number of carbonyl (C=O) groups is 2. The molecular weight excluding hydrogens is 369 g/mol. The Labute approximate surface area is 153 Å². The Bertz CT molecular complexity index is 792. The summed E-state index contributed by atoms with van der Waals surface area (Å²) in [5.74, 6) is -1.33. The van der Waals surface area contributed by atoms with Crippen molar-refractivity contribution in [3.05, 3.63) is 70.2 Å². The van der Waals surface area contributed by atoms with Gasteiger partial charge >= 0.3 is 6.18 Å². The fourth-order valence-electron chi connectivity index (χ4n) is 2.37. The lowest BCUT2D eigenvalue weighted by molar-refractivity contribution is -0.137. The lowest BCUT2D eigenvalue weighted by atomic mass is 10.0. The predicted octanol–water partition coefficient (Wildman–Crippen LogP) is 3.11. The summed E-state index contributed by atoms with van der Waals surface area (Å²) in [4.78, 5) is 23.7. The van der Waals surface area contributed by atoms with Crippen molar-refractivity contribution < 1.29 is 22.8 Å². The highest BCUT2D eigenvalue weighted by atomic mass is 35.5. The first-order valence-electron chi connectivity index (χ1n) is 7.64. The van der Waals surface area contributed by atoms with Crippen molar-refractivity contribution in [3.8, 4) is 0 Å². The molecule has 0 saturated carbocycles. The molecule has 2 aromatic carbocycles. The third kappa shape index (κ3) is 5.77. The van der Waals surface area contributed by atoms with Gasteiger partial charge in [0, 0.05) is 11.4 Å². The summed E-state index contributed by atoms with van der Waals surface area (Å²) in [7, 11) is 0. The summed E-state index contributed by atoms with van der Waals surface area (Å²) in [6.45, 7) is 0. The van der Waals surface area contributed by atoms with Crippen molar-refractivity contribution in [1.29, 1.82) is 0 Å². The Hall–Kier alpha value is -2.54. The lowest BCUT2D eigenvalue weighted by Gasteiger charge is -2.16. The van der Waals surface area contributed by atoms with Crippen LogP contribution in [0.15, 0.2) is 48.5 Å². The minimum Gasteiger partial charge on any atom is -0.368 e. The van der Waals surface area contributed by atoms with E-state index in [-0.39, 0.29) is 18.4 Å². The zero-order chi connectivity index (χ0) is 19.3. The zero-order valence-corrected chi connectivity index (χ0v) is 14.3. The maximum Gasteiger partial charge on any atom is 0.416 e. The van der Waals surface area contributed by atoms with E-state index in [1.54, 1.807) is 24.3 Å². The van der Waals surface area contributed by atoms with Gasteiger partial charge in [0.15, 0.2) is 0 Å². The van der Waals surface area contributed by atoms with Crippen molar-refractivity contribution in [3.63, 3.8) is 0 Å². The molecule has 26 heavy (non-hydrogen) atoms. The number of amides is 2. The highest BCUT2D eigenvalue weighted by molar-refractivity contribution is 6.30. The SMILES string of the molecule is NC(=O)[C@H](Cc1ccc(Cl)cc1)NC(=O)Cc1cccc(C(F)(F)F)c1. The molecule has 0 saturated heterocycles. The van der Waals surface area contributed by atoms with E-state index in [0.717, 1.165) is 17.7 Å². The summed E-state index contributed by atoms with van der Waals surface area (Å²) in [6, 6.07) is 10.1. The van der Waals surface area contributed by atoms with E-state index in [0.29, 0.717) is 5.02 Å². The molecule has 138 valence electrons. The topological polar surface area (TPSA) is 72.2 Å². The third-order valence-electron chi connectivity index (χ3n) is 3.65. The van der Waals surface area contributed by atoms with Gasteiger partial charge in [-0.3, -0.25) is 9.59 Å². The van der Waals surface area contributed by atoms with E-state index in [2.05, 4.69) is 5.32 Å². The fraction of sp³-hybridized carbons (Fsp3) is 0.222. The van der Waals surface area contributed by atoms with E-state index >= 15 is 0 Å². The molecule has 1 atom stereocenters. The van der Waals surface area contributed by atoms with Gasteiger partial charge in [0.25, 0.3) is 0 Å². The van der Waals surface area contributed by atoms with Crippen LogP contribution in [0.4, 0.5) is 13.2 Å². The lowest BCUT2D eigenvalue weighted by Crippen LogP contribution is -2.46. The predicted molar refractivity (Wildman–Crippen MR) is 91.4 cm³/mol. The number of alkyl halides is 3. The summed E-state index contributed by atoms with van der Waals surface area (Å²) >= 11 is 5.79. The van der Waals surface area contributed by atoms with Gasteiger partial charge in [-0.1, -0.05) is 41.9 Å². The number of carbonyl (C=O) groups excluding carboxylic acids is 2. The first kappa shape index (κ1) is 19.8. The molecule has 0 aliphatic carbocycles. The summed E-state index contributed by atoms with van der Waals surface area (Å²) in [5, 5.41) is 2.98. The van der Waals surface area contributed by atoms with Crippen LogP contribution in [0.25, 0.3) is 0 Å². The maximum atomic E-state index is 12.7. The monoisotopic (exact) mass is 384 g/mol. The van der Waals surface area contributed by atoms with Gasteiger partial charge in [0.05, 0.1) is 12.0 Å². The molecule has 8 heteroatoms. The van der Waals surface area contributed by atoms with Crippen LogP contribution in [-0.2, 0) is 28.6 Å². The van der Waals surface area contributed by atoms with Gasteiger partial charge in [-0.05, 0) is 29.3 Å².